The zero-order chi connectivity index (χ0) is 14.0. The van der Waals surface area contributed by atoms with Crippen LogP contribution in [-0.2, 0) is 0 Å². The van der Waals surface area contributed by atoms with Gasteiger partial charge in [-0.2, -0.15) is 0 Å². The van der Waals surface area contributed by atoms with E-state index in [4.69, 9.17) is 0 Å². The molecule has 0 saturated carbocycles. The fourth-order valence-electron chi connectivity index (χ4n) is 2.66. The van der Waals surface area contributed by atoms with Gasteiger partial charge in [-0.05, 0) is 51.7 Å². The summed E-state index contributed by atoms with van der Waals surface area (Å²) in [6.45, 7) is 7.64. The molecule has 19 heavy (non-hydrogen) atoms. The number of benzene rings is 1. The van der Waals surface area contributed by atoms with E-state index in [1.54, 1.807) is 0 Å². The molecule has 1 N–H and O–H groups in total. The highest BCUT2D eigenvalue weighted by molar-refractivity contribution is 9.10. The van der Waals surface area contributed by atoms with Gasteiger partial charge in [-0.1, -0.05) is 15.9 Å². The maximum Gasteiger partial charge on any atom is 0.0387 e. The van der Waals surface area contributed by atoms with Crippen molar-refractivity contribution in [3.63, 3.8) is 0 Å². The van der Waals surface area contributed by atoms with Crippen LogP contribution in [0.15, 0.2) is 22.7 Å². The SMILES string of the molecule is Cc1cc(N2CC(CN(C)C)NCC2C)ccc1Br. The minimum absolute atomic E-state index is 0.537. The van der Waals surface area contributed by atoms with Crippen molar-refractivity contribution in [2.24, 2.45) is 0 Å². The first-order valence-corrected chi connectivity index (χ1v) is 7.67. The first-order chi connectivity index (χ1) is 8.97. The molecule has 2 rings (SSSR count). The Bertz CT molecular complexity index is 433. The van der Waals surface area contributed by atoms with Gasteiger partial charge in [-0.3, -0.25) is 0 Å². The molecule has 106 valence electrons. The van der Waals surface area contributed by atoms with Crippen LogP contribution < -0.4 is 10.2 Å². The van der Waals surface area contributed by atoms with Gasteiger partial charge in [0.15, 0.2) is 0 Å². The first-order valence-electron chi connectivity index (χ1n) is 6.88. The van der Waals surface area contributed by atoms with E-state index in [1.807, 2.05) is 0 Å². The van der Waals surface area contributed by atoms with Gasteiger partial charge in [0, 0.05) is 41.9 Å². The molecule has 0 aromatic heterocycles. The summed E-state index contributed by atoms with van der Waals surface area (Å²) in [4.78, 5) is 4.77. The van der Waals surface area contributed by atoms with Crippen LogP contribution in [0.4, 0.5) is 5.69 Å². The molecule has 0 amide bonds. The molecule has 4 heteroatoms. The third-order valence-electron chi connectivity index (χ3n) is 3.71. The summed E-state index contributed by atoms with van der Waals surface area (Å²) in [5.74, 6) is 0. The van der Waals surface area contributed by atoms with E-state index in [1.165, 1.54) is 15.7 Å². The van der Waals surface area contributed by atoms with E-state index in [-0.39, 0.29) is 0 Å². The van der Waals surface area contributed by atoms with Crippen molar-refractivity contribution in [2.75, 3.05) is 38.6 Å². The Kier molecular flexibility index (Phi) is 4.87. The highest BCUT2D eigenvalue weighted by Crippen LogP contribution is 2.25. The highest BCUT2D eigenvalue weighted by Gasteiger charge is 2.25. The maximum atomic E-state index is 3.63. The smallest absolute Gasteiger partial charge is 0.0387 e. The van der Waals surface area contributed by atoms with E-state index in [9.17, 15) is 0 Å². The maximum absolute atomic E-state index is 3.63. The molecule has 0 aliphatic carbocycles. The molecule has 1 aromatic rings. The number of hydrogen-bond acceptors (Lipinski definition) is 3. The predicted octanol–water partition coefficient (Wildman–Crippen LogP) is 2.49. The third kappa shape index (κ3) is 3.71. The third-order valence-corrected chi connectivity index (χ3v) is 4.60. The van der Waals surface area contributed by atoms with E-state index in [0.717, 1.165) is 19.6 Å². The van der Waals surface area contributed by atoms with Crippen LogP contribution >= 0.6 is 15.9 Å². The Hall–Kier alpha value is -0.580. The molecule has 1 heterocycles. The zero-order valence-corrected chi connectivity index (χ0v) is 13.9. The molecule has 1 fully saturated rings. The second-order valence-electron chi connectivity index (χ2n) is 5.80. The summed E-state index contributed by atoms with van der Waals surface area (Å²) in [5, 5.41) is 3.63. The van der Waals surface area contributed by atoms with Gasteiger partial charge in [-0.25, -0.2) is 0 Å². The second-order valence-corrected chi connectivity index (χ2v) is 6.66. The van der Waals surface area contributed by atoms with Crippen LogP contribution in [-0.4, -0.2) is 50.7 Å². The number of piperazine rings is 1. The molecule has 2 unspecified atom stereocenters. The number of nitrogens with zero attached hydrogens (tertiary/aromatic N) is 2. The number of aryl methyl sites for hydroxylation is 1. The molecule has 1 aliphatic heterocycles. The van der Waals surface area contributed by atoms with Gasteiger partial charge in [0.2, 0.25) is 0 Å². The Labute approximate surface area is 125 Å². The summed E-state index contributed by atoms with van der Waals surface area (Å²) in [6, 6.07) is 7.72. The van der Waals surface area contributed by atoms with E-state index in [0.29, 0.717) is 12.1 Å². The van der Waals surface area contributed by atoms with Crippen LogP contribution in [0.2, 0.25) is 0 Å². The lowest BCUT2D eigenvalue weighted by Gasteiger charge is -2.41. The van der Waals surface area contributed by atoms with Crippen LogP contribution in [0.3, 0.4) is 0 Å². The second kappa shape index (κ2) is 6.25. The Morgan fingerprint density at radius 3 is 2.79 bits per heavy atom. The number of halogens is 1. The summed E-state index contributed by atoms with van der Waals surface area (Å²) in [6.07, 6.45) is 0. The summed E-state index contributed by atoms with van der Waals surface area (Å²) in [7, 11) is 4.27. The lowest BCUT2D eigenvalue weighted by molar-refractivity contribution is 0.307. The molecular formula is C15H24BrN3. The number of likely N-dealkylation sites (N-methyl/N-ethyl adjacent to an activating group) is 1. The quantitative estimate of drug-likeness (QED) is 0.921. The van der Waals surface area contributed by atoms with Crippen molar-refractivity contribution in [1.82, 2.24) is 10.2 Å². The molecule has 2 atom stereocenters. The van der Waals surface area contributed by atoms with Gasteiger partial charge in [0.25, 0.3) is 0 Å². The largest absolute Gasteiger partial charge is 0.366 e. The fraction of sp³-hybridized carbons (Fsp3) is 0.600. The Morgan fingerprint density at radius 2 is 2.16 bits per heavy atom. The van der Waals surface area contributed by atoms with Crippen molar-refractivity contribution in [3.05, 3.63) is 28.2 Å². The van der Waals surface area contributed by atoms with Crippen LogP contribution in [0.1, 0.15) is 12.5 Å². The van der Waals surface area contributed by atoms with Gasteiger partial charge in [-0.15, -0.1) is 0 Å². The minimum Gasteiger partial charge on any atom is -0.366 e. The van der Waals surface area contributed by atoms with Crippen molar-refractivity contribution < 1.29 is 0 Å². The monoisotopic (exact) mass is 325 g/mol. The minimum atomic E-state index is 0.537. The number of hydrogen-bond donors (Lipinski definition) is 1. The molecule has 0 radical (unpaired) electrons. The normalized spacial score (nSPS) is 24.0. The molecule has 1 saturated heterocycles. The topological polar surface area (TPSA) is 18.5 Å². The van der Waals surface area contributed by atoms with Crippen LogP contribution in [0.5, 0.6) is 0 Å². The lowest BCUT2D eigenvalue weighted by atomic mass is 10.1. The van der Waals surface area contributed by atoms with E-state index >= 15 is 0 Å². The molecule has 0 spiro atoms. The van der Waals surface area contributed by atoms with Gasteiger partial charge >= 0.3 is 0 Å². The van der Waals surface area contributed by atoms with Crippen molar-refractivity contribution >= 4 is 21.6 Å². The number of anilines is 1. The van der Waals surface area contributed by atoms with Crippen LogP contribution in [0, 0.1) is 6.92 Å². The Balaban J connectivity index is 2.14. The zero-order valence-electron chi connectivity index (χ0n) is 12.3. The van der Waals surface area contributed by atoms with Crippen molar-refractivity contribution in [1.29, 1.82) is 0 Å². The number of nitrogens with one attached hydrogen (secondary N) is 1. The molecule has 1 aromatic carbocycles. The molecule has 0 bridgehead atoms. The standard InChI is InChI=1S/C15H24BrN3/c1-11-7-14(5-6-15(11)16)19-10-13(9-18(3)4)17-8-12(19)2/h5-7,12-13,17H,8-10H2,1-4H3. The Morgan fingerprint density at radius 1 is 1.42 bits per heavy atom. The average Bonchev–Trinajstić information content (AvgIpc) is 2.34. The van der Waals surface area contributed by atoms with Crippen molar-refractivity contribution in [3.8, 4) is 0 Å². The highest BCUT2D eigenvalue weighted by atomic mass is 79.9. The molecular weight excluding hydrogens is 302 g/mol. The first kappa shape index (κ1) is 14.8. The van der Waals surface area contributed by atoms with E-state index in [2.05, 4.69) is 77.2 Å². The van der Waals surface area contributed by atoms with Gasteiger partial charge in [0.05, 0.1) is 0 Å². The lowest BCUT2D eigenvalue weighted by Crippen LogP contribution is -2.58. The molecule has 3 nitrogen and oxygen atoms in total. The van der Waals surface area contributed by atoms with E-state index < -0.39 is 0 Å². The summed E-state index contributed by atoms with van der Waals surface area (Å²) < 4.78 is 1.18. The predicted molar refractivity (Wildman–Crippen MR) is 86.0 cm³/mol. The fourth-order valence-corrected chi connectivity index (χ4v) is 2.91. The summed E-state index contributed by atoms with van der Waals surface area (Å²) >= 11 is 3.58. The van der Waals surface area contributed by atoms with Gasteiger partial charge < -0.3 is 15.1 Å². The van der Waals surface area contributed by atoms with Crippen LogP contribution in [0.25, 0.3) is 0 Å². The van der Waals surface area contributed by atoms with Gasteiger partial charge in [0.1, 0.15) is 0 Å². The summed E-state index contributed by atoms with van der Waals surface area (Å²) in [5.41, 5.74) is 2.63. The number of rotatable bonds is 3. The van der Waals surface area contributed by atoms with Crippen molar-refractivity contribution in [2.45, 2.75) is 25.9 Å². The average molecular weight is 326 g/mol. The molecule has 1 aliphatic rings.